The molecule has 1 aromatic heterocycles. The van der Waals surface area contributed by atoms with Crippen molar-refractivity contribution in [2.75, 3.05) is 13.2 Å². The fourth-order valence-electron chi connectivity index (χ4n) is 3.29. The van der Waals surface area contributed by atoms with Crippen LogP contribution in [-0.4, -0.2) is 29.1 Å². The number of fused-ring (bicyclic) bond motifs is 1. The molecule has 0 aliphatic heterocycles. The normalized spacial score (nSPS) is 11.2. The van der Waals surface area contributed by atoms with E-state index in [0.717, 1.165) is 29.5 Å². The van der Waals surface area contributed by atoms with Crippen molar-refractivity contribution in [2.45, 2.75) is 40.0 Å². The Balaban J connectivity index is 1.46. The zero-order valence-corrected chi connectivity index (χ0v) is 17.3. The molecule has 0 fully saturated rings. The van der Waals surface area contributed by atoms with Gasteiger partial charge in [-0.15, -0.1) is 0 Å². The highest BCUT2D eigenvalue weighted by Gasteiger charge is 2.17. The molecule has 0 saturated heterocycles. The summed E-state index contributed by atoms with van der Waals surface area (Å²) in [5.74, 6) is 1.73. The van der Waals surface area contributed by atoms with Crippen molar-refractivity contribution < 1.29 is 19.4 Å². The molecule has 5 heteroatoms. The number of aromatic nitrogens is 1. The average Bonchev–Trinajstić information content (AvgIpc) is 3.16. The first kappa shape index (κ1) is 20.8. The largest absolute Gasteiger partial charge is 0.507 e. The van der Waals surface area contributed by atoms with E-state index in [0.29, 0.717) is 36.5 Å². The van der Waals surface area contributed by atoms with E-state index in [1.807, 2.05) is 44.3 Å². The van der Waals surface area contributed by atoms with Crippen molar-refractivity contribution in [1.29, 1.82) is 0 Å². The molecule has 2 aromatic carbocycles. The van der Waals surface area contributed by atoms with Crippen LogP contribution in [0.4, 0.5) is 0 Å². The maximum Gasteiger partial charge on any atom is 0.166 e. The number of benzene rings is 2. The van der Waals surface area contributed by atoms with Crippen molar-refractivity contribution in [1.82, 2.24) is 4.98 Å². The Kier molecular flexibility index (Phi) is 6.81. The van der Waals surface area contributed by atoms with Crippen LogP contribution in [0, 0.1) is 12.8 Å². The number of H-pyrrole nitrogens is 1. The number of aromatic amines is 1. The topological polar surface area (TPSA) is 71.5 Å². The molecule has 3 rings (SSSR count). The lowest BCUT2D eigenvalue weighted by Crippen LogP contribution is -2.06. The summed E-state index contributed by atoms with van der Waals surface area (Å²) >= 11 is 0. The van der Waals surface area contributed by atoms with Gasteiger partial charge in [0.2, 0.25) is 0 Å². The minimum absolute atomic E-state index is 0.0241. The fourth-order valence-corrected chi connectivity index (χ4v) is 3.29. The molecule has 2 N–H and O–H groups in total. The van der Waals surface area contributed by atoms with Gasteiger partial charge in [0.1, 0.15) is 17.2 Å². The lowest BCUT2D eigenvalue weighted by Gasteiger charge is -2.13. The second-order valence-corrected chi connectivity index (χ2v) is 7.71. The molecule has 0 saturated carbocycles. The van der Waals surface area contributed by atoms with E-state index in [1.165, 1.54) is 0 Å². The number of ketones is 1. The number of Topliss-reactive ketones (excluding diaryl/α,β-unsaturated/α-hetero) is 1. The molecule has 0 bridgehead atoms. The highest BCUT2D eigenvalue weighted by Crippen LogP contribution is 2.32. The van der Waals surface area contributed by atoms with E-state index in [4.69, 9.17) is 9.47 Å². The Morgan fingerprint density at radius 1 is 1.03 bits per heavy atom. The van der Waals surface area contributed by atoms with Gasteiger partial charge < -0.3 is 19.6 Å². The van der Waals surface area contributed by atoms with Gasteiger partial charge in [-0.1, -0.05) is 19.9 Å². The first-order valence-electron chi connectivity index (χ1n) is 10.1. The highest BCUT2D eigenvalue weighted by molar-refractivity contribution is 5.99. The molecule has 0 spiro atoms. The molecule has 3 aromatic rings. The number of rotatable bonds is 10. The number of carbonyl (C=O) groups excluding carboxylic acids is 1. The third kappa shape index (κ3) is 5.11. The van der Waals surface area contributed by atoms with E-state index in [9.17, 15) is 9.90 Å². The van der Waals surface area contributed by atoms with Gasteiger partial charge in [0.15, 0.2) is 5.78 Å². The zero-order chi connectivity index (χ0) is 20.8. The third-order valence-electron chi connectivity index (χ3n) is 4.88. The van der Waals surface area contributed by atoms with E-state index in [-0.39, 0.29) is 17.5 Å². The summed E-state index contributed by atoms with van der Waals surface area (Å²) in [5.41, 5.74) is 2.04. The van der Waals surface area contributed by atoms with Gasteiger partial charge in [-0.05, 0) is 56.0 Å². The maximum atomic E-state index is 12.2. The second-order valence-electron chi connectivity index (χ2n) is 7.71. The monoisotopic (exact) mass is 395 g/mol. The number of hydrogen-bond acceptors (Lipinski definition) is 4. The van der Waals surface area contributed by atoms with E-state index < -0.39 is 0 Å². The number of phenolic OH excluding ortho intramolecular Hbond substituents is 1. The maximum absolute atomic E-state index is 12.2. The third-order valence-corrected chi connectivity index (χ3v) is 4.88. The summed E-state index contributed by atoms with van der Waals surface area (Å²) in [5, 5.41) is 11.5. The van der Waals surface area contributed by atoms with Gasteiger partial charge in [0.25, 0.3) is 0 Å². The lowest BCUT2D eigenvalue weighted by atomic mass is 9.98. The molecular formula is C24H29NO4. The Labute approximate surface area is 171 Å². The van der Waals surface area contributed by atoms with Crippen LogP contribution >= 0.6 is 0 Å². The van der Waals surface area contributed by atoms with Crippen LogP contribution in [0.15, 0.2) is 42.6 Å². The van der Waals surface area contributed by atoms with Crippen LogP contribution in [0.1, 0.15) is 49.0 Å². The summed E-state index contributed by atoms with van der Waals surface area (Å²) < 4.78 is 11.7. The number of hydrogen-bond donors (Lipinski definition) is 2. The Hall–Kier alpha value is -2.95. The van der Waals surface area contributed by atoms with Gasteiger partial charge in [-0.3, -0.25) is 4.79 Å². The van der Waals surface area contributed by atoms with Crippen LogP contribution in [-0.2, 0) is 0 Å². The van der Waals surface area contributed by atoms with Gasteiger partial charge in [0.05, 0.1) is 18.8 Å². The van der Waals surface area contributed by atoms with Crippen LogP contribution in [0.2, 0.25) is 0 Å². The lowest BCUT2D eigenvalue weighted by molar-refractivity contribution is 0.0965. The molecule has 0 aliphatic rings. The summed E-state index contributed by atoms with van der Waals surface area (Å²) in [6.45, 7) is 6.89. The predicted molar refractivity (Wildman–Crippen MR) is 115 cm³/mol. The Morgan fingerprint density at radius 2 is 1.76 bits per heavy atom. The fraction of sp³-hybridized carbons (Fsp3) is 0.375. The molecule has 154 valence electrons. The summed E-state index contributed by atoms with van der Waals surface area (Å²) in [7, 11) is 0. The molecule has 1 heterocycles. The van der Waals surface area contributed by atoms with Gasteiger partial charge >= 0.3 is 0 Å². The molecular weight excluding hydrogens is 366 g/mol. The van der Waals surface area contributed by atoms with Gasteiger partial charge in [0, 0.05) is 29.1 Å². The SMILES string of the molecule is Cc1c(OCCCCOc2cccc3[nH]ccc23)ccc(C(=O)CC(C)C)c1O. The molecule has 0 atom stereocenters. The molecule has 5 nitrogen and oxygen atoms in total. The summed E-state index contributed by atoms with van der Waals surface area (Å²) in [4.78, 5) is 15.4. The van der Waals surface area contributed by atoms with Crippen molar-refractivity contribution in [2.24, 2.45) is 5.92 Å². The van der Waals surface area contributed by atoms with Crippen LogP contribution in [0.3, 0.4) is 0 Å². The van der Waals surface area contributed by atoms with Crippen molar-refractivity contribution in [3.8, 4) is 17.2 Å². The molecule has 29 heavy (non-hydrogen) atoms. The molecule has 0 aliphatic carbocycles. The number of ether oxygens (including phenoxy) is 2. The average molecular weight is 395 g/mol. The van der Waals surface area contributed by atoms with E-state index in [2.05, 4.69) is 4.98 Å². The number of carbonyl (C=O) groups is 1. The summed E-state index contributed by atoms with van der Waals surface area (Å²) in [6, 6.07) is 11.4. The molecule has 0 radical (unpaired) electrons. The standard InChI is InChI=1S/C24H29NO4/c1-16(2)15-21(26)19-9-10-22(17(3)24(19)27)28-13-4-5-14-29-23-8-6-7-20-18(23)11-12-25-20/h6-12,16,25,27H,4-5,13-15H2,1-3H3. The Morgan fingerprint density at radius 3 is 2.48 bits per heavy atom. The van der Waals surface area contributed by atoms with E-state index in [1.54, 1.807) is 19.1 Å². The number of aromatic hydroxyl groups is 1. The highest BCUT2D eigenvalue weighted by atomic mass is 16.5. The smallest absolute Gasteiger partial charge is 0.166 e. The molecule has 0 amide bonds. The first-order valence-corrected chi connectivity index (χ1v) is 10.1. The zero-order valence-electron chi connectivity index (χ0n) is 17.3. The minimum atomic E-state index is -0.0401. The van der Waals surface area contributed by atoms with Crippen molar-refractivity contribution >= 4 is 16.7 Å². The van der Waals surface area contributed by atoms with Gasteiger partial charge in [-0.25, -0.2) is 0 Å². The van der Waals surface area contributed by atoms with Crippen molar-refractivity contribution in [3.05, 3.63) is 53.7 Å². The minimum Gasteiger partial charge on any atom is -0.507 e. The summed E-state index contributed by atoms with van der Waals surface area (Å²) in [6.07, 6.45) is 4.02. The molecule has 0 unspecified atom stereocenters. The second kappa shape index (κ2) is 9.50. The van der Waals surface area contributed by atoms with E-state index >= 15 is 0 Å². The number of nitrogens with one attached hydrogen (secondary N) is 1. The Bertz CT molecular complexity index is 974. The number of phenols is 1. The van der Waals surface area contributed by atoms with Crippen molar-refractivity contribution in [3.63, 3.8) is 0 Å². The number of unbranched alkanes of at least 4 members (excludes halogenated alkanes) is 1. The van der Waals surface area contributed by atoms with Crippen LogP contribution in [0.5, 0.6) is 17.2 Å². The quantitative estimate of drug-likeness (QED) is 0.344. The first-order chi connectivity index (χ1) is 14.0. The van der Waals surface area contributed by atoms with Crippen LogP contribution < -0.4 is 9.47 Å². The van der Waals surface area contributed by atoms with Crippen LogP contribution in [0.25, 0.3) is 10.9 Å². The van der Waals surface area contributed by atoms with Gasteiger partial charge in [-0.2, -0.15) is 0 Å². The predicted octanol–water partition coefficient (Wildman–Crippen LogP) is 5.65.